The molecule has 1 N–H and O–H groups in total. The summed E-state index contributed by atoms with van der Waals surface area (Å²) in [7, 11) is 0. The number of aromatic carboxylic acids is 1. The first kappa shape index (κ1) is 12.3. The van der Waals surface area contributed by atoms with Gasteiger partial charge in [-0.05, 0) is 43.3 Å². The van der Waals surface area contributed by atoms with Crippen molar-refractivity contribution >= 4 is 16.9 Å². The zero-order chi connectivity index (χ0) is 14.3. The quantitative estimate of drug-likeness (QED) is 0.778. The van der Waals surface area contributed by atoms with E-state index in [-0.39, 0.29) is 11.4 Å². The Balaban J connectivity index is 2.25. The number of hydrogen-bond donors (Lipinski definition) is 1. The largest absolute Gasteiger partial charge is 0.478 e. The van der Waals surface area contributed by atoms with Crippen molar-refractivity contribution < 1.29 is 14.3 Å². The van der Waals surface area contributed by atoms with E-state index >= 15 is 0 Å². The van der Waals surface area contributed by atoms with Crippen molar-refractivity contribution in [2.24, 2.45) is 0 Å². The molecule has 1 aromatic heterocycles. The molecule has 0 unspecified atom stereocenters. The summed E-state index contributed by atoms with van der Waals surface area (Å²) < 4.78 is 14.9. The minimum absolute atomic E-state index is 0.208. The lowest BCUT2D eigenvalue weighted by Crippen LogP contribution is -1.98. The van der Waals surface area contributed by atoms with Gasteiger partial charge in [0.1, 0.15) is 5.82 Å². The molecule has 0 bridgehead atoms. The Bertz CT molecular complexity index is 824. The van der Waals surface area contributed by atoms with Crippen molar-refractivity contribution in [3.63, 3.8) is 0 Å². The normalized spacial score (nSPS) is 10.9. The summed E-state index contributed by atoms with van der Waals surface area (Å²) >= 11 is 0. The summed E-state index contributed by atoms with van der Waals surface area (Å²) in [6.07, 6.45) is 0. The third-order valence-electron chi connectivity index (χ3n) is 3.16. The van der Waals surface area contributed by atoms with Gasteiger partial charge in [-0.15, -0.1) is 0 Å². The summed E-state index contributed by atoms with van der Waals surface area (Å²) in [6, 6.07) is 10.9. The first-order valence-corrected chi connectivity index (χ1v) is 6.05. The van der Waals surface area contributed by atoms with E-state index in [1.165, 1.54) is 18.2 Å². The number of halogens is 1. The number of rotatable bonds is 2. The third-order valence-corrected chi connectivity index (χ3v) is 3.16. The Morgan fingerprint density at radius 2 is 2.05 bits per heavy atom. The van der Waals surface area contributed by atoms with Crippen LogP contribution in [-0.2, 0) is 0 Å². The van der Waals surface area contributed by atoms with Gasteiger partial charge in [0, 0.05) is 5.39 Å². The van der Waals surface area contributed by atoms with E-state index in [9.17, 15) is 9.18 Å². The summed E-state index contributed by atoms with van der Waals surface area (Å²) in [5, 5.41) is 14.1. The molecule has 0 spiro atoms. The number of benzene rings is 2. The molecular formula is C15H11FN2O2. The van der Waals surface area contributed by atoms with Crippen molar-refractivity contribution in [2.75, 3.05) is 0 Å². The Morgan fingerprint density at radius 1 is 1.25 bits per heavy atom. The van der Waals surface area contributed by atoms with E-state index in [0.29, 0.717) is 11.4 Å². The van der Waals surface area contributed by atoms with Gasteiger partial charge in [0.05, 0.1) is 22.5 Å². The van der Waals surface area contributed by atoms with E-state index in [2.05, 4.69) is 5.10 Å². The van der Waals surface area contributed by atoms with E-state index in [1.54, 1.807) is 35.9 Å². The molecule has 0 saturated heterocycles. The standard InChI is InChI=1S/C15H11FN2O2/c1-9-13-7-10(15(19)20)5-6-14(13)18(17-9)12-4-2-3-11(16)8-12/h2-8H,1H3,(H,19,20). The summed E-state index contributed by atoms with van der Waals surface area (Å²) in [5.41, 5.74) is 2.26. The van der Waals surface area contributed by atoms with E-state index < -0.39 is 5.97 Å². The smallest absolute Gasteiger partial charge is 0.335 e. The van der Waals surface area contributed by atoms with Crippen LogP contribution in [0.15, 0.2) is 42.5 Å². The van der Waals surface area contributed by atoms with Gasteiger partial charge in [-0.25, -0.2) is 13.9 Å². The predicted molar refractivity (Wildman–Crippen MR) is 72.7 cm³/mol. The second-order valence-electron chi connectivity index (χ2n) is 4.51. The average molecular weight is 270 g/mol. The zero-order valence-electron chi connectivity index (χ0n) is 10.7. The maximum Gasteiger partial charge on any atom is 0.335 e. The van der Waals surface area contributed by atoms with Gasteiger partial charge in [0.25, 0.3) is 0 Å². The first-order chi connectivity index (χ1) is 9.56. The molecule has 0 aliphatic heterocycles. The van der Waals surface area contributed by atoms with Crippen LogP contribution in [-0.4, -0.2) is 20.9 Å². The van der Waals surface area contributed by atoms with Crippen LogP contribution in [0.25, 0.3) is 16.6 Å². The van der Waals surface area contributed by atoms with Crippen LogP contribution in [0.1, 0.15) is 16.1 Å². The van der Waals surface area contributed by atoms with Crippen LogP contribution in [0.4, 0.5) is 4.39 Å². The van der Waals surface area contributed by atoms with Gasteiger partial charge in [0.2, 0.25) is 0 Å². The molecule has 0 radical (unpaired) electrons. The highest BCUT2D eigenvalue weighted by atomic mass is 19.1. The fourth-order valence-electron chi connectivity index (χ4n) is 2.21. The van der Waals surface area contributed by atoms with Crippen LogP contribution in [0.2, 0.25) is 0 Å². The van der Waals surface area contributed by atoms with Gasteiger partial charge >= 0.3 is 5.97 Å². The molecule has 0 amide bonds. The third kappa shape index (κ3) is 1.93. The fourth-order valence-corrected chi connectivity index (χ4v) is 2.21. The monoisotopic (exact) mass is 270 g/mol. The molecule has 2 aromatic carbocycles. The Kier molecular flexibility index (Phi) is 2.75. The number of nitrogens with zero attached hydrogens (tertiary/aromatic N) is 2. The van der Waals surface area contributed by atoms with Crippen LogP contribution in [0, 0.1) is 12.7 Å². The second kappa shape index (κ2) is 4.45. The van der Waals surface area contributed by atoms with Crippen molar-refractivity contribution in [3.05, 3.63) is 59.5 Å². The van der Waals surface area contributed by atoms with Gasteiger partial charge < -0.3 is 5.11 Å². The number of hydrogen-bond acceptors (Lipinski definition) is 2. The number of carboxylic acids is 1. The molecule has 0 aliphatic rings. The summed E-state index contributed by atoms with van der Waals surface area (Å²) in [5.74, 6) is -1.32. The minimum Gasteiger partial charge on any atom is -0.478 e. The maximum atomic E-state index is 13.3. The number of carboxylic acid groups (broad SMARTS) is 1. The predicted octanol–water partition coefficient (Wildman–Crippen LogP) is 3.17. The molecule has 0 aliphatic carbocycles. The van der Waals surface area contributed by atoms with Gasteiger partial charge in [-0.3, -0.25) is 0 Å². The van der Waals surface area contributed by atoms with Crippen LogP contribution >= 0.6 is 0 Å². The lowest BCUT2D eigenvalue weighted by molar-refractivity contribution is 0.0697. The molecule has 0 atom stereocenters. The molecule has 5 heteroatoms. The Labute approximate surface area is 114 Å². The minimum atomic E-state index is -0.982. The van der Waals surface area contributed by atoms with Crippen molar-refractivity contribution in [2.45, 2.75) is 6.92 Å². The number of aryl methyl sites for hydroxylation is 1. The first-order valence-electron chi connectivity index (χ1n) is 6.05. The average Bonchev–Trinajstić information content (AvgIpc) is 2.76. The van der Waals surface area contributed by atoms with Crippen LogP contribution < -0.4 is 0 Å². The van der Waals surface area contributed by atoms with E-state index in [1.807, 2.05) is 0 Å². The van der Waals surface area contributed by atoms with E-state index in [4.69, 9.17) is 5.11 Å². The summed E-state index contributed by atoms with van der Waals surface area (Å²) in [4.78, 5) is 11.0. The Hall–Kier alpha value is -2.69. The lowest BCUT2D eigenvalue weighted by Gasteiger charge is -2.03. The lowest BCUT2D eigenvalue weighted by atomic mass is 10.1. The molecule has 100 valence electrons. The highest BCUT2D eigenvalue weighted by molar-refractivity contribution is 5.94. The molecular weight excluding hydrogens is 259 g/mol. The molecule has 4 nitrogen and oxygen atoms in total. The van der Waals surface area contributed by atoms with Gasteiger partial charge in [-0.1, -0.05) is 6.07 Å². The van der Waals surface area contributed by atoms with Crippen LogP contribution in [0.5, 0.6) is 0 Å². The number of carbonyl (C=O) groups is 1. The second-order valence-corrected chi connectivity index (χ2v) is 4.51. The SMILES string of the molecule is Cc1nn(-c2cccc(F)c2)c2ccc(C(=O)O)cc12. The zero-order valence-corrected chi connectivity index (χ0v) is 10.7. The van der Waals surface area contributed by atoms with Gasteiger partial charge in [-0.2, -0.15) is 5.10 Å². The van der Waals surface area contributed by atoms with Crippen molar-refractivity contribution in [1.29, 1.82) is 0 Å². The highest BCUT2D eigenvalue weighted by Crippen LogP contribution is 2.23. The van der Waals surface area contributed by atoms with Crippen molar-refractivity contribution in [3.8, 4) is 5.69 Å². The molecule has 3 rings (SSSR count). The van der Waals surface area contributed by atoms with Gasteiger partial charge in [0.15, 0.2) is 0 Å². The molecule has 20 heavy (non-hydrogen) atoms. The highest BCUT2D eigenvalue weighted by Gasteiger charge is 2.12. The van der Waals surface area contributed by atoms with Crippen LogP contribution in [0.3, 0.4) is 0 Å². The fraction of sp³-hybridized carbons (Fsp3) is 0.0667. The molecule has 0 saturated carbocycles. The molecule has 3 aromatic rings. The topological polar surface area (TPSA) is 55.1 Å². The summed E-state index contributed by atoms with van der Waals surface area (Å²) in [6.45, 7) is 1.80. The Morgan fingerprint density at radius 3 is 2.75 bits per heavy atom. The van der Waals surface area contributed by atoms with Crippen molar-refractivity contribution in [1.82, 2.24) is 9.78 Å². The number of fused-ring (bicyclic) bond motifs is 1. The maximum absolute atomic E-state index is 13.3. The van der Waals surface area contributed by atoms with E-state index in [0.717, 1.165) is 10.9 Å². The molecule has 1 heterocycles. The number of aromatic nitrogens is 2. The molecule has 0 fully saturated rings.